The number of hydrogen-bond donors (Lipinski definition) is 1. The molecule has 2 fully saturated rings. The number of anilines is 1. The van der Waals surface area contributed by atoms with E-state index in [1.54, 1.807) is 18.5 Å². The molecule has 0 atom stereocenters. The van der Waals surface area contributed by atoms with Gasteiger partial charge in [-0.2, -0.15) is 5.10 Å². The van der Waals surface area contributed by atoms with E-state index in [0.717, 1.165) is 50.9 Å². The summed E-state index contributed by atoms with van der Waals surface area (Å²) < 4.78 is 0. The van der Waals surface area contributed by atoms with Crippen LogP contribution in [0.5, 0.6) is 0 Å². The van der Waals surface area contributed by atoms with Gasteiger partial charge in [-0.05, 0) is 19.1 Å². The number of carbonyl (C=O) groups excluding carboxylic acids is 1. The molecule has 0 radical (unpaired) electrons. The average molecular weight is 327 g/mol. The number of nitrogens with zero attached hydrogens (tertiary/aromatic N) is 6. The molecule has 2 aliphatic heterocycles. The van der Waals surface area contributed by atoms with Crippen molar-refractivity contribution < 1.29 is 4.79 Å². The monoisotopic (exact) mass is 327 g/mol. The first-order valence-electron chi connectivity index (χ1n) is 8.28. The molecule has 24 heavy (non-hydrogen) atoms. The summed E-state index contributed by atoms with van der Waals surface area (Å²) in [6.07, 6.45) is 3.56. The zero-order valence-corrected chi connectivity index (χ0v) is 13.7. The highest BCUT2D eigenvalue weighted by Crippen LogP contribution is 2.20. The third-order valence-corrected chi connectivity index (χ3v) is 4.74. The van der Waals surface area contributed by atoms with Gasteiger partial charge in [-0.25, -0.2) is 9.97 Å². The van der Waals surface area contributed by atoms with Crippen molar-refractivity contribution in [3.8, 4) is 0 Å². The van der Waals surface area contributed by atoms with E-state index in [9.17, 15) is 4.79 Å². The first-order valence-corrected chi connectivity index (χ1v) is 8.28. The van der Waals surface area contributed by atoms with Crippen LogP contribution in [0, 0.1) is 6.92 Å². The third-order valence-electron chi connectivity index (χ3n) is 4.74. The van der Waals surface area contributed by atoms with Gasteiger partial charge in [0.05, 0.1) is 0 Å². The third kappa shape index (κ3) is 2.84. The number of likely N-dealkylation sites (tertiary alicyclic amines) is 1. The lowest BCUT2D eigenvalue weighted by Crippen LogP contribution is -2.64. The zero-order valence-electron chi connectivity index (χ0n) is 13.7. The van der Waals surface area contributed by atoms with E-state index in [0.29, 0.717) is 11.7 Å². The van der Waals surface area contributed by atoms with Gasteiger partial charge in [-0.3, -0.25) is 14.8 Å². The molecule has 4 heterocycles. The number of H-pyrrole nitrogens is 1. The Morgan fingerprint density at radius 2 is 1.88 bits per heavy atom. The number of aryl methyl sites for hydroxylation is 1. The van der Waals surface area contributed by atoms with Gasteiger partial charge in [0.1, 0.15) is 5.69 Å². The Labute approximate surface area is 140 Å². The van der Waals surface area contributed by atoms with Crippen molar-refractivity contribution >= 4 is 11.9 Å². The van der Waals surface area contributed by atoms with Crippen molar-refractivity contribution in [2.75, 3.05) is 44.2 Å². The largest absolute Gasteiger partial charge is 0.338 e. The summed E-state index contributed by atoms with van der Waals surface area (Å²) in [7, 11) is 0. The van der Waals surface area contributed by atoms with Gasteiger partial charge >= 0.3 is 0 Å². The molecule has 2 saturated heterocycles. The number of rotatable bonds is 3. The van der Waals surface area contributed by atoms with E-state index in [2.05, 4.69) is 30.0 Å². The zero-order chi connectivity index (χ0) is 16.5. The smallest absolute Gasteiger partial charge is 0.274 e. The van der Waals surface area contributed by atoms with Crippen molar-refractivity contribution in [3.63, 3.8) is 0 Å². The topological polar surface area (TPSA) is 81.2 Å². The fourth-order valence-electron chi connectivity index (χ4n) is 3.28. The van der Waals surface area contributed by atoms with Crippen molar-refractivity contribution in [2.24, 2.45) is 0 Å². The highest BCUT2D eigenvalue weighted by Gasteiger charge is 2.37. The molecular weight excluding hydrogens is 306 g/mol. The number of carbonyl (C=O) groups is 1. The second-order valence-electron chi connectivity index (χ2n) is 6.37. The Hall–Kier alpha value is -2.48. The van der Waals surface area contributed by atoms with Crippen LogP contribution in [0.2, 0.25) is 0 Å². The number of aromatic amines is 1. The predicted octanol–water partition coefficient (Wildman–Crippen LogP) is 0.155. The number of piperazine rings is 1. The molecular formula is C16H21N7O. The van der Waals surface area contributed by atoms with Crippen LogP contribution >= 0.6 is 0 Å². The minimum absolute atomic E-state index is 0.0203. The normalized spacial score (nSPS) is 19.4. The molecule has 1 N–H and O–H groups in total. The van der Waals surface area contributed by atoms with Gasteiger partial charge in [-0.1, -0.05) is 0 Å². The SMILES string of the molecule is Cc1cc(C(=O)N2CC(N3CCN(c4ncccn4)CC3)C2)n[nH]1. The van der Waals surface area contributed by atoms with Crippen molar-refractivity contribution in [3.05, 3.63) is 35.9 Å². The number of hydrogen-bond acceptors (Lipinski definition) is 6. The Kier molecular flexibility index (Phi) is 3.89. The molecule has 8 nitrogen and oxygen atoms in total. The van der Waals surface area contributed by atoms with Gasteiger partial charge in [0, 0.05) is 63.4 Å². The maximum atomic E-state index is 12.3. The lowest BCUT2D eigenvalue weighted by atomic mass is 10.1. The molecule has 2 aromatic heterocycles. The van der Waals surface area contributed by atoms with E-state index in [1.165, 1.54) is 0 Å². The van der Waals surface area contributed by atoms with E-state index in [4.69, 9.17) is 0 Å². The van der Waals surface area contributed by atoms with Crippen LogP contribution in [0.1, 0.15) is 16.2 Å². The molecule has 0 aromatic carbocycles. The summed E-state index contributed by atoms with van der Waals surface area (Å²) in [6, 6.07) is 4.09. The van der Waals surface area contributed by atoms with Crippen LogP contribution < -0.4 is 4.90 Å². The summed E-state index contributed by atoms with van der Waals surface area (Å²) in [5.74, 6) is 0.823. The van der Waals surface area contributed by atoms with Crippen LogP contribution in [0.3, 0.4) is 0 Å². The molecule has 2 aliphatic rings. The standard InChI is InChI=1S/C16H21N7O/c1-12-9-14(20-19-12)15(24)23-10-13(11-23)21-5-7-22(8-6-21)16-17-3-2-4-18-16/h2-4,9,13H,5-8,10-11H2,1H3,(H,19,20). The van der Waals surface area contributed by atoms with Crippen LogP contribution in [0.25, 0.3) is 0 Å². The van der Waals surface area contributed by atoms with Gasteiger partial charge in [0.25, 0.3) is 5.91 Å². The summed E-state index contributed by atoms with van der Waals surface area (Å²) in [4.78, 5) is 27.5. The van der Waals surface area contributed by atoms with Crippen LogP contribution in [-0.2, 0) is 0 Å². The van der Waals surface area contributed by atoms with E-state index >= 15 is 0 Å². The molecule has 126 valence electrons. The average Bonchev–Trinajstić information content (AvgIpc) is 3.01. The minimum Gasteiger partial charge on any atom is -0.338 e. The first-order chi connectivity index (χ1) is 11.7. The van der Waals surface area contributed by atoms with Crippen molar-refractivity contribution in [1.82, 2.24) is 30.0 Å². The highest BCUT2D eigenvalue weighted by atomic mass is 16.2. The van der Waals surface area contributed by atoms with Gasteiger partial charge in [0.15, 0.2) is 0 Å². The fourth-order valence-corrected chi connectivity index (χ4v) is 3.28. The lowest BCUT2D eigenvalue weighted by Gasteiger charge is -2.47. The van der Waals surface area contributed by atoms with Gasteiger partial charge < -0.3 is 9.80 Å². The summed E-state index contributed by atoms with van der Waals surface area (Å²) in [5.41, 5.74) is 1.42. The molecule has 0 saturated carbocycles. The summed E-state index contributed by atoms with van der Waals surface area (Å²) >= 11 is 0. The predicted molar refractivity (Wildman–Crippen MR) is 88.8 cm³/mol. The highest BCUT2D eigenvalue weighted by molar-refractivity contribution is 5.93. The lowest BCUT2D eigenvalue weighted by molar-refractivity contribution is 0.0241. The number of aromatic nitrogens is 4. The van der Waals surface area contributed by atoms with E-state index in [1.807, 2.05) is 17.9 Å². The Balaban J connectivity index is 1.27. The number of nitrogens with one attached hydrogen (secondary N) is 1. The Morgan fingerprint density at radius 1 is 1.17 bits per heavy atom. The molecule has 0 aliphatic carbocycles. The first kappa shape index (κ1) is 15.1. The quantitative estimate of drug-likeness (QED) is 0.865. The maximum Gasteiger partial charge on any atom is 0.274 e. The number of amides is 1. The molecule has 0 spiro atoms. The summed E-state index contributed by atoms with van der Waals surface area (Å²) in [5, 5.41) is 6.87. The summed E-state index contributed by atoms with van der Waals surface area (Å²) in [6.45, 7) is 7.27. The second kappa shape index (κ2) is 6.20. The second-order valence-corrected chi connectivity index (χ2v) is 6.37. The molecule has 0 bridgehead atoms. The minimum atomic E-state index is 0.0203. The van der Waals surface area contributed by atoms with E-state index < -0.39 is 0 Å². The fraction of sp³-hybridized carbons (Fsp3) is 0.500. The van der Waals surface area contributed by atoms with Crippen LogP contribution in [-0.4, -0.2) is 81.2 Å². The Morgan fingerprint density at radius 3 is 2.50 bits per heavy atom. The Bertz CT molecular complexity index is 702. The molecule has 8 heteroatoms. The van der Waals surface area contributed by atoms with E-state index in [-0.39, 0.29) is 5.91 Å². The molecule has 0 unspecified atom stereocenters. The van der Waals surface area contributed by atoms with Crippen LogP contribution in [0.15, 0.2) is 24.5 Å². The van der Waals surface area contributed by atoms with Crippen molar-refractivity contribution in [1.29, 1.82) is 0 Å². The van der Waals surface area contributed by atoms with Gasteiger partial charge in [-0.15, -0.1) is 0 Å². The molecule has 2 aromatic rings. The van der Waals surface area contributed by atoms with Crippen molar-refractivity contribution in [2.45, 2.75) is 13.0 Å². The van der Waals surface area contributed by atoms with Gasteiger partial charge in [0.2, 0.25) is 5.95 Å². The molecule has 1 amide bonds. The maximum absolute atomic E-state index is 12.3. The van der Waals surface area contributed by atoms with Crippen LogP contribution in [0.4, 0.5) is 5.95 Å². The molecule has 4 rings (SSSR count).